The summed E-state index contributed by atoms with van der Waals surface area (Å²) in [6, 6.07) is 0. The van der Waals surface area contributed by atoms with Gasteiger partial charge in [0.15, 0.2) is 0 Å². The van der Waals surface area contributed by atoms with Crippen molar-refractivity contribution in [3.8, 4) is 0 Å². The highest BCUT2D eigenvalue weighted by atomic mass is 19.3. The Labute approximate surface area is 111 Å². The summed E-state index contributed by atoms with van der Waals surface area (Å²) in [4.78, 5) is 11.6. The predicted molar refractivity (Wildman–Crippen MR) is 69.0 cm³/mol. The van der Waals surface area contributed by atoms with Crippen LogP contribution >= 0.6 is 0 Å². The molecule has 0 unspecified atom stereocenters. The monoisotopic (exact) mass is 274 g/mol. The van der Waals surface area contributed by atoms with E-state index in [1.165, 1.54) is 12.4 Å². The van der Waals surface area contributed by atoms with Crippen molar-refractivity contribution in [2.75, 3.05) is 11.9 Å². The molecule has 0 aliphatic heterocycles. The van der Waals surface area contributed by atoms with Gasteiger partial charge >= 0.3 is 0 Å². The maximum Gasteiger partial charge on any atom is 0.257 e. The summed E-state index contributed by atoms with van der Waals surface area (Å²) in [6.07, 6.45) is 4.51. The first kappa shape index (κ1) is 15.6. The molecule has 0 saturated carbocycles. The number of anilines is 1. The van der Waals surface area contributed by atoms with Crippen LogP contribution in [0.1, 0.15) is 32.1 Å². The van der Waals surface area contributed by atoms with Gasteiger partial charge in [-0.1, -0.05) is 12.8 Å². The number of aromatic nitrogens is 2. The van der Waals surface area contributed by atoms with Gasteiger partial charge in [-0.05, 0) is 19.4 Å². The van der Waals surface area contributed by atoms with Gasteiger partial charge < -0.3 is 11.1 Å². The number of rotatable bonds is 9. The number of carbonyl (C=O) groups excluding carboxylic acids is 1. The number of nitrogens with zero attached hydrogens (tertiary/aromatic N) is 2. The molecule has 0 bridgehead atoms. The highest BCUT2D eigenvalue weighted by Crippen LogP contribution is 2.09. The molecule has 0 aromatic carbocycles. The van der Waals surface area contributed by atoms with E-state index in [0.29, 0.717) is 18.7 Å². The SMILES string of the molecule is NCCCCCCC(=O)Nc1cnn(CC(F)F)c1. The first-order chi connectivity index (χ1) is 9.11. The van der Waals surface area contributed by atoms with Crippen LogP contribution in [0, 0.1) is 0 Å². The summed E-state index contributed by atoms with van der Waals surface area (Å²) >= 11 is 0. The van der Waals surface area contributed by atoms with Crippen molar-refractivity contribution in [2.45, 2.75) is 45.1 Å². The Morgan fingerprint density at radius 2 is 2.11 bits per heavy atom. The molecule has 0 radical (unpaired) electrons. The van der Waals surface area contributed by atoms with Crippen LogP contribution in [-0.2, 0) is 11.3 Å². The van der Waals surface area contributed by atoms with E-state index in [4.69, 9.17) is 5.73 Å². The molecular weight excluding hydrogens is 254 g/mol. The Balaban J connectivity index is 2.22. The van der Waals surface area contributed by atoms with Gasteiger partial charge in [0.05, 0.1) is 11.9 Å². The lowest BCUT2D eigenvalue weighted by atomic mass is 10.1. The molecule has 5 nitrogen and oxygen atoms in total. The fourth-order valence-electron chi connectivity index (χ4n) is 1.68. The quantitative estimate of drug-likeness (QED) is 0.676. The molecule has 7 heteroatoms. The summed E-state index contributed by atoms with van der Waals surface area (Å²) in [7, 11) is 0. The van der Waals surface area contributed by atoms with Crippen LogP contribution in [0.15, 0.2) is 12.4 Å². The molecule has 0 aliphatic rings. The van der Waals surface area contributed by atoms with Crippen molar-refractivity contribution in [3.05, 3.63) is 12.4 Å². The van der Waals surface area contributed by atoms with Crippen LogP contribution in [0.3, 0.4) is 0 Å². The Morgan fingerprint density at radius 1 is 1.37 bits per heavy atom. The number of unbranched alkanes of at least 4 members (excludes halogenated alkanes) is 3. The molecule has 0 atom stereocenters. The molecule has 0 spiro atoms. The maximum atomic E-state index is 12.1. The Bertz CT molecular complexity index is 382. The van der Waals surface area contributed by atoms with E-state index in [0.717, 1.165) is 30.4 Å². The van der Waals surface area contributed by atoms with Crippen molar-refractivity contribution >= 4 is 11.6 Å². The Morgan fingerprint density at radius 3 is 2.79 bits per heavy atom. The van der Waals surface area contributed by atoms with E-state index in [-0.39, 0.29) is 5.91 Å². The molecule has 1 heterocycles. The van der Waals surface area contributed by atoms with Gasteiger partial charge in [-0.3, -0.25) is 9.48 Å². The second-order valence-corrected chi connectivity index (χ2v) is 4.34. The molecule has 1 aromatic heterocycles. The number of carbonyl (C=O) groups is 1. The van der Waals surface area contributed by atoms with Gasteiger partial charge in [0.25, 0.3) is 6.43 Å². The van der Waals surface area contributed by atoms with E-state index < -0.39 is 13.0 Å². The average Bonchev–Trinajstić information content (AvgIpc) is 2.75. The standard InChI is InChI=1S/C12H20F2N4O/c13-11(14)9-18-8-10(7-16-18)17-12(19)5-3-1-2-4-6-15/h7-8,11H,1-6,9,15H2,(H,17,19). The average molecular weight is 274 g/mol. The molecule has 1 amide bonds. The van der Waals surface area contributed by atoms with Gasteiger partial charge in [0, 0.05) is 12.6 Å². The summed E-state index contributed by atoms with van der Waals surface area (Å²) in [6.45, 7) is 0.213. The number of alkyl halides is 2. The molecule has 19 heavy (non-hydrogen) atoms. The molecule has 1 aromatic rings. The fourth-order valence-corrected chi connectivity index (χ4v) is 1.68. The first-order valence-corrected chi connectivity index (χ1v) is 6.42. The van der Waals surface area contributed by atoms with Gasteiger partial charge in [0.2, 0.25) is 5.91 Å². The van der Waals surface area contributed by atoms with E-state index in [1.807, 2.05) is 0 Å². The highest BCUT2D eigenvalue weighted by molar-refractivity contribution is 5.90. The molecule has 0 aliphatic carbocycles. The van der Waals surface area contributed by atoms with E-state index >= 15 is 0 Å². The fraction of sp³-hybridized carbons (Fsp3) is 0.667. The number of nitrogens with two attached hydrogens (primary N) is 1. The zero-order chi connectivity index (χ0) is 14.1. The van der Waals surface area contributed by atoms with Gasteiger partial charge in [-0.25, -0.2) is 8.78 Å². The molecule has 1 rings (SSSR count). The molecule has 108 valence electrons. The van der Waals surface area contributed by atoms with Crippen LogP contribution in [0.4, 0.5) is 14.5 Å². The zero-order valence-corrected chi connectivity index (χ0v) is 10.8. The summed E-state index contributed by atoms with van der Waals surface area (Å²) < 4.78 is 25.3. The minimum Gasteiger partial charge on any atom is -0.330 e. The third kappa shape index (κ3) is 6.85. The maximum absolute atomic E-state index is 12.1. The molecule has 0 saturated heterocycles. The lowest BCUT2D eigenvalue weighted by Crippen LogP contribution is -2.11. The van der Waals surface area contributed by atoms with Crippen LogP contribution in [0.2, 0.25) is 0 Å². The van der Waals surface area contributed by atoms with Gasteiger partial charge in [0.1, 0.15) is 6.54 Å². The minimum atomic E-state index is -2.45. The van der Waals surface area contributed by atoms with Crippen molar-refractivity contribution in [1.29, 1.82) is 0 Å². The minimum absolute atomic E-state index is 0.121. The Kier molecular flexibility index (Phi) is 7.02. The third-order valence-electron chi connectivity index (χ3n) is 2.60. The van der Waals surface area contributed by atoms with Crippen LogP contribution < -0.4 is 11.1 Å². The van der Waals surface area contributed by atoms with Crippen molar-refractivity contribution < 1.29 is 13.6 Å². The second-order valence-electron chi connectivity index (χ2n) is 4.34. The van der Waals surface area contributed by atoms with Crippen LogP contribution in [0.25, 0.3) is 0 Å². The number of amides is 1. The second kappa shape index (κ2) is 8.58. The normalized spacial score (nSPS) is 10.9. The van der Waals surface area contributed by atoms with E-state index in [1.54, 1.807) is 0 Å². The molecule has 0 fully saturated rings. The Hall–Kier alpha value is -1.50. The van der Waals surface area contributed by atoms with Crippen LogP contribution in [0.5, 0.6) is 0 Å². The van der Waals surface area contributed by atoms with E-state index in [2.05, 4.69) is 10.4 Å². The van der Waals surface area contributed by atoms with Crippen molar-refractivity contribution in [3.63, 3.8) is 0 Å². The van der Waals surface area contributed by atoms with Gasteiger partial charge in [-0.15, -0.1) is 0 Å². The summed E-state index contributed by atoms with van der Waals surface area (Å²) in [5.74, 6) is -0.121. The topological polar surface area (TPSA) is 72.9 Å². The molecule has 3 N–H and O–H groups in total. The first-order valence-electron chi connectivity index (χ1n) is 6.42. The number of hydrogen-bond donors (Lipinski definition) is 2. The lowest BCUT2D eigenvalue weighted by molar-refractivity contribution is -0.116. The van der Waals surface area contributed by atoms with Crippen LogP contribution in [-0.4, -0.2) is 28.7 Å². The number of halogens is 2. The summed E-state index contributed by atoms with van der Waals surface area (Å²) in [5.41, 5.74) is 5.82. The van der Waals surface area contributed by atoms with Gasteiger partial charge in [-0.2, -0.15) is 5.10 Å². The highest BCUT2D eigenvalue weighted by Gasteiger charge is 2.07. The van der Waals surface area contributed by atoms with Crippen molar-refractivity contribution in [1.82, 2.24) is 9.78 Å². The number of hydrogen-bond acceptors (Lipinski definition) is 3. The third-order valence-corrected chi connectivity index (χ3v) is 2.60. The lowest BCUT2D eigenvalue weighted by Gasteiger charge is -2.02. The predicted octanol–water partition coefficient (Wildman–Crippen LogP) is 2.00. The smallest absolute Gasteiger partial charge is 0.257 e. The largest absolute Gasteiger partial charge is 0.330 e. The number of nitrogens with one attached hydrogen (secondary N) is 1. The summed E-state index contributed by atoms with van der Waals surface area (Å²) in [5, 5.41) is 6.37. The van der Waals surface area contributed by atoms with E-state index in [9.17, 15) is 13.6 Å². The molecular formula is C12H20F2N4O. The van der Waals surface area contributed by atoms with Crippen molar-refractivity contribution in [2.24, 2.45) is 5.73 Å². The zero-order valence-electron chi connectivity index (χ0n) is 10.8.